The summed E-state index contributed by atoms with van der Waals surface area (Å²) in [6, 6.07) is 0. The molecule has 0 aliphatic carbocycles. The van der Waals surface area contributed by atoms with Crippen LogP contribution in [0.25, 0.3) is 0 Å². The molecule has 0 spiro atoms. The molecule has 1 unspecified atom stereocenters. The van der Waals surface area contributed by atoms with Gasteiger partial charge in [0.15, 0.2) is 8.32 Å². The van der Waals surface area contributed by atoms with Gasteiger partial charge in [-0.15, -0.1) is 0 Å². The first-order chi connectivity index (χ1) is 8.47. The van der Waals surface area contributed by atoms with E-state index in [9.17, 15) is 5.11 Å². The Hall–Kier alpha value is -0.383. The van der Waals surface area contributed by atoms with Crippen LogP contribution in [0, 0.1) is 0 Å². The molecule has 0 radical (unpaired) electrons. The van der Waals surface area contributed by atoms with Gasteiger partial charge in [0.25, 0.3) is 0 Å². The highest BCUT2D eigenvalue weighted by Crippen LogP contribution is 2.36. The standard InChI is InChI=1S/C16H32O2Si/c1-13(2)10-9-11-14(3)15(17)12-18-19(7,8)16(4,5)6/h10-11,15,17H,9,12H2,1-8H3/b14-11+. The van der Waals surface area contributed by atoms with E-state index in [0.29, 0.717) is 6.61 Å². The molecule has 1 atom stereocenters. The Bertz CT molecular complexity index is 331. The van der Waals surface area contributed by atoms with Crippen LogP contribution in [-0.2, 0) is 4.43 Å². The van der Waals surface area contributed by atoms with Crippen molar-refractivity contribution in [3.8, 4) is 0 Å². The molecule has 19 heavy (non-hydrogen) atoms. The average molecular weight is 285 g/mol. The molecule has 0 aliphatic heterocycles. The van der Waals surface area contributed by atoms with Gasteiger partial charge < -0.3 is 9.53 Å². The second-order valence-corrected chi connectivity index (χ2v) is 11.9. The summed E-state index contributed by atoms with van der Waals surface area (Å²) in [5.41, 5.74) is 2.30. The fraction of sp³-hybridized carbons (Fsp3) is 0.750. The van der Waals surface area contributed by atoms with Gasteiger partial charge in [0.2, 0.25) is 0 Å². The van der Waals surface area contributed by atoms with Gasteiger partial charge in [-0.05, 0) is 50.9 Å². The zero-order valence-corrected chi connectivity index (χ0v) is 15.0. The van der Waals surface area contributed by atoms with Crippen LogP contribution in [0.2, 0.25) is 18.1 Å². The van der Waals surface area contributed by atoms with E-state index < -0.39 is 14.4 Å². The first-order valence-electron chi connectivity index (χ1n) is 7.09. The zero-order valence-electron chi connectivity index (χ0n) is 14.0. The van der Waals surface area contributed by atoms with Crippen LogP contribution in [0.15, 0.2) is 23.3 Å². The van der Waals surface area contributed by atoms with Gasteiger partial charge in [-0.25, -0.2) is 0 Å². The quantitative estimate of drug-likeness (QED) is 0.567. The third-order valence-corrected chi connectivity index (χ3v) is 8.40. The first-order valence-corrected chi connectivity index (χ1v) is 10.0. The van der Waals surface area contributed by atoms with Crippen molar-refractivity contribution in [3.05, 3.63) is 23.3 Å². The molecule has 2 nitrogen and oxygen atoms in total. The summed E-state index contributed by atoms with van der Waals surface area (Å²) in [7, 11) is -1.76. The lowest BCUT2D eigenvalue weighted by atomic mass is 10.1. The SMILES string of the molecule is CC(C)=CC/C=C(\C)C(O)CO[Si](C)(C)C(C)(C)C. The van der Waals surface area contributed by atoms with Gasteiger partial charge in [0.1, 0.15) is 0 Å². The summed E-state index contributed by atoms with van der Waals surface area (Å²) >= 11 is 0. The molecular weight excluding hydrogens is 252 g/mol. The van der Waals surface area contributed by atoms with E-state index in [0.717, 1.165) is 12.0 Å². The molecule has 0 aromatic rings. The Labute approximate surface area is 120 Å². The van der Waals surface area contributed by atoms with Crippen molar-refractivity contribution < 1.29 is 9.53 Å². The van der Waals surface area contributed by atoms with Gasteiger partial charge in [0.05, 0.1) is 12.7 Å². The fourth-order valence-electron chi connectivity index (χ4n) is 1.25. The normalized spacial score (nSPS) is 15.3. The van der Waals surface area contributed by atoms with E-state index >= 15 is 0 Å². The number of hydrogen-bond donors (Lipinski definition) is 1. The summed E-state index contributed by atoms with van der Waals surface area (Å²) in [4.78, 5) is 0. The molecule has 0 aliphatic rings. The highest BCUT2D eigenvalue weighted by Gasteiger charge is 2.37. The van der Waals surface area contributed by atoms with Crippen LogP contribution in [0.5, 0.6) is 0 Å². The highest BCUT2D eigenvalue weighted by molar-refractivity contribution is 6.74. The summed E-state index contributed by atoms with van der Waals surface area (Å²) in [5, 5.41) is 10.3. The minimum Gasteiger partial charge on any atom is -0.414 e. The smallest absolute Gasteiger partial charge is 0.192 e. The maximum absolute atomic E-state index is 10.1. The van der Waals surface area contributed by atoms with Crippen LogP contribution >= 0.6 is 0 Å². The van der Waals surface area contributed by atoms with Crippen molar-refractivity contribution >= 4 is 8.32 Å². The molecule has 0 fully saturated rings. The van der Waals surface area contributed by atoms with Crippen molar-refractivity contribution in [3.63, 3.8) is 0 Å². The predicted octanol–water partition coefficient (Wildman–Crippen LogP) is 4.67. The third kappa shape index (κ3) is 7.09. The van der Waals surface area contributed by atoms with E-state index in [-0.39, 0.29) is 5.04 Å². The van der Waals surface area contributed by atoms with Gasteiger partial charge >= 0.3 is 0 Å². The number of aliphatic hydroxyl groups is 1. The first kappa shape index (κ1) is 18.6. The van der Waals surface area contributed by atoms with Crippen molar-refractivity contribution in [2.75, 3.05) is 6.61 Å². The van der Waals surface area contributed by atoms with Gasteiger partial charge in [-0.3, -0.25) is 0 Å². The zero-order chi connectivity index (χ0) is 15.3. The molecule has 112 valence electrons. The van der Waals surface area contributed by atoms with Gasteiger partial charge in [0, 0.05) is 0 Å². The van der Waals surface area contributed by atoms with Crippen LogP contribution in [0.4, 0.5) is 0 Å². The molecule has 0 heterocycles. The summed E-state index contributed by atoms with van der Waals surface area (Å²) < 4.78 is 6.04. The Balaban J connectivity index is 4.39. The minimum atomic E-state index is -1.76. The molecular formula is C16H32O2Si. The van der Waals surface area contributed by atoms with E-state index in [1.165, 1.54) is 5.57 Å². The second-order valence-electron chi connectivity index (χ2n) is 7.05. The lowest BCUT2D eigenvalue weighted by Gasteiger charge is -2.36. The molecule has 0 amide bonds. The van der Waals surface area contributed by atoms with Crippen LogP contribution in [0.3, 0.4) is 0 Å². The fourth-order valence-corrected chi connectivity index (χ4v) is 2.26. The van der Waals surface area contributed by atoms with Crippen molar-refractivity contribution in [1.29, 1.82) is 0 Å². The van der Waals surface area contributed by atoms with Crippen molar-refractivity contribution in [2.24, 2.45) is 0 Å². The van der Waals surface area contributed by atoms with E-state index in [2.05, 4.69) is 59.9 Å². The van der Waals surface area contributed by atoms with E-state index in [4.69, 9.17) is 4.43 Å². The Morgan fingerprint density at radius 3 is 2.11 bits per heavy atom. The monoisotopic (exact) mass is 284 g/mol. The third-order valence-electron chi connectivity index (χ3n) is 3.90. The lowest BCUT2D eigenvalue weighted by Crippen LogP contribution is -2.42. The van der Waals surface area contributed by atoms with Crippen molar-refractivity contribution in [1.82, 2.24) is 0 Å². The number of allylic oxidation sites excluding steroid dienone is 3. The lowest BCUT2D eigenvalue weighted by molar-refractivity contribution is 0.126. The minimum absolute atomic E-state index is 0.187. The molecule has 0 saturated carbocycles. The molecule has 0 saturated heterocycles. The Morgan fingerprint density at radius 1 is 1.16 bits per heavy atom. The predicted molar refractivity (Wildman–Crippen MR) is 87.0 cm³/mol. The highest BCUT2D eigenvalue weighted by atomic mass is 28.4. The van der Waals surface area contributed by atoms with E-state index in [1.54, 1.807) is 0 Å². The summed E-state index contributed by atoms with van der Waals surface area (Å²) in [6.07, 6.45) is 4.63. The number of hydrogen-bond acceptors (Lipinski definition) is 2. The van der Waals surface area contributed by atoms with E-state index in [1.807, 2.05) is 6.92 Å². The Kier molecular flexibility index (Phi) is 7.26. The summed E-state index contributed by atoms with van der Waals surface area (Å²) in [6.45, 7) is 17.6. The molecule has 0 rings (SSSR count). The molecule has 0 bridgehead atoms. The second kappa shape index (κ2) is 7.41. The molecule has 3 heteroatoms. The maximum Gasteiger partial charge on any atom is 0.192 e. The number of rotatable bonds is 6. The van der Waals surface area contributed by atoms with Crippen LogP contribution in [-0.4, -0.2) is 26.1 Å². The van der Waals surface area contributed by atoms with Crippen LogP contribution < -0.4 is 0 Å². The summed E-state index contributed by atoms with van der Waals surface area (Å²) in [5.74, 6) is 0. The largest absolute Gasteiger partial charge is 0.414 e. The number of aliphatic hydroxyl groups excluding tert-OH is 1. The van der Waals surface area contributed by atoms with Gasteiger partial charge in [-0.1, -0.05) is 38.5 Å². The molecule has 0 aromatic heterocycles. The maximum atomic E-state index is 10.1. The molecule has 1 N–H and O–H groups in total. The van der Waals surface area contributed by atoms with Crippen LogP contribution in [0.1, 0.15) is 48.0 Å². The molecule has 0 aromatic carbocycles. The van der Waals surface area contributed by atoms with Crippen molar-refractivity contribution in [2.45, 2.75) is 72.2 Å². The topological polar surface area (TPSA) is 29.5 Å². The van der Waals surface area contributed by atoms with Gasteiger partial charge in [-0.2, -0.15) is 0 Å². The Morgan fingerprint density at radius 2 is 1.68 bits per heavy atom. The average Bonchev–Trinajstić information content (AvgIpc) is 2.23.